The van der Waals surface area contributed by atoms with Gasteiger partial charge in [0.25, 0.3) is 5.69 Å². The third kappa shape index (κ3) is 2.58. The summed E-state index contributed by atoms with van der Waals surface area (Å²) in [5.41, 5.74) is 0.730. The van der Waals surface area contributed by atoms with Crippen molar-refractivity contribution in [2.45, 2.75) is 13.3 Å². The largest absolute Gasteiger partial charge is 0.481 e. The minimum atomic E-state index is -0.975. The number of hydrogen-bond acceptors (Lipinski definition) is 4. The Balaban J connectivity index is 1.82. The second-order valence-electron chi connectivity index (χ2n) is 6.09. The number of nitrogens with one attached hydrogen (secondary N) is 1. The van der Waals surface area contributed by atoms with Crippen molar-refractivity contribution in [1.29, 1.82) is 0 Å². The van der Waals surface area contributed by atoms with E-state index in [1.54, 1.807) is 19.1 Å². The first kappa shape index (κ1) is 15.2. The van der Waals surface area contributed by atoms with Crippen LogP contribution in [-0.4, -0.2) is 21.9 Å². The molecule has 2 N–H and O–H groups in total. The molecule has 7 heteroatoms. The Morgan fingerprint density at radius 3 is 2.52 bits per heavy atom. The van der Waals surface area contributed by atoms with Gasteiger partial charge < -0.3 is 10.4 Å². The van der Waals surface area contributed by atoms with Crippen LogP contribution >= 0.6 is 0 Å². The molecule has 0 heterocycles. The summed E-state index contributed by atoms with van der Waals surface area (Å²) in [5, 5.41) is 23.0. The second-order valence-corrected chi connectivity index (χ2v) is 6.09. The minimum absolute atomic E-state index is 0.0783. The van der Waals surface area contributed by atoms with Crippen LogP contribution < -0.4 is 5.32 Å². The third-order valence-electron chi connectivity index (χ3n) is 4.72. The van der Waals surface area contributed by atoms with E-state index in [0.29, 0.717) is 17.7 Å². The van der Waals surface area contributed by atoms with Crippen molar-refractivity contribution in [1.82, 2.24) is 0 Å². The summed E-state index contributed by atoms with van der Waals surface area (Å²) in [5.74, 6) is -2.93. The van der Waals surface area contributed by atoms with Crippen LogP contribution in [0.3, 0.4) is 0 Å². The van der Waals surface area contributed by atoms with E-state index in [4.69, 9.17) is 0 Å². The molecule has 1 aromatic carbocycles. The van der Waals surface area contributed by atoms with Crippen molar-refractivity contribution in [2.24, 2.45) is 23.7 Å². The molecule has 0 saturated heterocycles. The molecule has 1 fully saturated rings. The highest BCUT2D eigenvalue weighted by Gasteiger charge is 2.51. The molecule has 2 bridgehead atoms. The number of nitro benzene ring substituents is 1. The topological polar surface area (TPSA) is 110 Å². The van der Waals surface area contributed by atoms with E-state index in [9.17, 15) is 24.8 Å². The van der Waals surface area contributed by atoms with Gasteiger partial charge in [0.05, 0.1) is 16.8 Å². The maximum absolute atomic E-state index is 12.5. The number of fused-ring (bicyclic) bond motifs is 2. The number of anilines is 1. The molecule has 1 aromatic rings. The molecule has 0 aromatic heterocycles. The van der Waals surface area contributed by atoms with Crippen molar-refractivity contribution in [3.05, 3.63) is 46.0 Å². The molecular weight excluding hydrogens is 300 g/mol. The zero-order chi connectivity index (χ0) is 16.7. The number of aryl methyl sites for hydroxylation is 1. The molecule has 3 rings (SSSR count). The van der Waals surface area contributed by atoms with Gasteiger partial charge in [-0.1, -0.05) is 18.2 Å². The average Bonchev–Trinajstić information content (AvgIpc) is 3.09. The normalized spacial score (nSPS) is 27.9. The van der Waals surface area contributed by atoms with Crippen LogP contribution in [0.15, 0.2) is 30.4 Å². The maximum Gasteiger partial charge on any atom is 0.307 e. The zero-order valence-corrected chi connectivity index (χ0v) is 12.4. The van der Waals surface area contributed by atoms with Crippen LogP contribution in [0.25, 0.3) is 0 Å². The number of carboxylic acids is 1. The molecule has 0 aliphatic heterocycles. The first-order chi connectivity index (χ1) is 10.9. The Morgan fingerprint density at radius 2 is 1.91 bits per heavy atom. The number of carbonyl (C=O) groups excluding carboxylic acids is 1. The standard InChI is InChI=1S/C16H16N2O5/c1-8-2-5-11(7-12(8)18(22)23)17-15(19)13-9-3-4-10(6-9)14(13)16(20)21/h2-5,7,9-10,13-14H,6H2,1H3,(H,17,19)(H,20,21)/t9-,10+,13-,14+/m1/s1. The van der Waals surface area contributed by atoms with Gasteiger partial charge in [-0.05, 0) is 31.2 Å². The molecule has 120 valence electrons. The Morgan fingerprint density at radius 1 is 1.26 bits per heavy atom. The van der Waals surface area contributed by atoms with Crippen molar-refractivity contribution < 1.29 is 19.6 Å². The van der Waals surface area contributed by atoms with Crippen molar-refractivity contribution in [2.75, 3.05) is 5.32 Å². The van der Waals surface area contributed by atoms with Gasteiger partial charge in [0.15, 0.2) is 0 Å². The Kier molecular flexibility index (Phi) is 3.63. The van der Waals surface area contributed by atoms with Gasteiger partial charge in [0, 0.05) is 17.3 Å². The summed E-state index contributed by atoms with van der Waals surface area (Å²) >= 11 is 0. The molecular formula is C16H16N2O5. The van der Waals surface area contributed by atoms with E-state index in [1.807, 2.05) is 12.2 Å². The lowest BCUT2D eigenvalue weighted by atomic mass is 9.82. The molecule has 0 radical (unpaired) electrons. The van der Waals surface area contributed by atoms with Crippen molar-refractivity contribution >= 4 is 23.3 Å². The Hall–Kier alpha value is -2.70. The minimum Gasteiger partial charge on any atom is -0.481 e. The van der Waals surface area contributed by atoms with Crippen LogP contribution in [0.1, 0.15) is 12.0 Å². The summed E-state index contributed by atoms with van der Waals surface area (Å²) in [6.07, 6.45) is 4.43. The monoisotopic (exact) mass is 316 g/mol. The summed E-state index contributed by atoms with van der Waals surface area (Å²) in [6.45, 7) is 1.62. The number of carboxylic acid groups (broad SMARTS) is 1. The van der Waals surface area contributed by atoms with E-state index in [0.717, 1.165) is 0 Å². The smallest absolute Gasteiger partial charge is 0.307 e. The summed E-state index contributed by atoms with van der Waals surface area (Å²) in [7, 11) is 0. The van der Waals surface area contributed by atoms with Gasteiger partial charge in [-0.15, -0.1) is 0 Å². The fourth-order valence-electron chi connectivity index (χ4n) is 3.63. The predicted octanol–water partition coefficient (Wildman–Crippen LogP) is 2.36. The van der Waals surface area contributed by atoms with Gasteiger partial charge in [-0.3, -0.25) is 19.7 Å². The van der Waals surface area contributed by atoms with E-state index < -0.39 is 28.6 Å². The average molecular weight is 316 g/mol. The molecule has 0 spiro atoms. The van der Waals surface area contributed by atoms with Gasteiger partial charge in [0.2, 0.25) is 5.91 Å². The van der Waals surface area contributed by atoms with Crippen molar-refractivity contribution in [3.63, 3.8) is 0 Å². The molecule has 1 amide bonds. The van der Waals surface area contributed by atoms with Crippen LogP contribution in [0.5, 0.6) is 0 Å². The van der Waals surface area contributed by atoms with Crippen LogP contribution in [0.4, 0.5) is 11.4 Å². The van der Waals surface area contributed by atoms with Crippen LogP contribution in [0.2, 0.25) is 0 Å². The maximum atomic E-state index is 12.5. The molecule has 2 aliphatic rings. The summed E-state index contributed by atoms with van der Waals surface area (Å²) < 4.78 is 0. The highest BCUT2D eigenvalue weighted by Crippen LogP contribution is 2.48. The number of nitrogens with zero attached hydrogens (tertiary/aromatic N) is 1. The summed E-state index contributed by atoms with van der Waals surface area (Å²) in [6, 6.07) is 4.44. The zero-order valence-electron chi connectivity index (χ0n) is 12.4. The molecule has 4 atom stereocenters. The Bertz CT molecular complexity index is 727. The third-order valence-corrected chi connectivity index (χ3v) is 4.72. The number of aliphatic carboxylic acids is 1. The number of amides is 1. The van der Waals surface area contributed by atoms with Gasteiger partial charge in [0.1, 0.15) is 0 Å². The first-order valence-corrected chi connectivity index (χ1v) is 7.35. The SMILES string of the molecule is Cc1ccc(NC(=O)[C@H]2[C@@H](C(=O)O)[C@H]3C=C[C@@H]2C3)cc1[N+](=O)[O-]. The van der Waals surface area contributed by atoms with Gasteiger partial charge in [-0.2, -0.15) is 0 Å². The summed E-state index contributed by atoms with van der Waals surface area (Å²) in [4.78, 5) is 34.4. The van der Waals surface area contributed by atoms with E-state index in [-0.39, 0.29) is 17.5 Å². The number of nitro groups is 1. The quantitative estimate of drug-likeness (QED) is 0.503. The van der Waals surface area contributed by atoms with E-state index in [1.165, 1.54) is 6.07 Å². The van der Waals surface area contributed by atoms with E-state index in [2.05, 4.69) is 5.32 Å². The number of carbonyl (C=O) groups is 2. The lowest BCUT2D eigenvalue weighted by Crippen LogP contribution is -2.36. The Labute approximate surface area is 132 Å². The lowest BCUT2D eigenvalue weighted by Gasteiger charge is -2.23. The van der Waals surface area contributed by atoms with Gasteiger partial charge >= 0.3 is 5.97 Å². The highest BCUT2D eigenvalue weighted by molar-refractivity contribution is 5.96. The van der Waals surface area contributed by atoms with Gasteiger partial charge in [-0.25, -0.2) is 0 Å². The van der Waals surface area contributed by atoms with Crippen LogP contribution in [0, 0.1) is 40.7 Å². The lowest BCUT2D eigenvalue weighted by molar-refractivity contribution is -0.385. The second kappa shape index (κ2) is 5.49. The number of allylic oxidation sites excluding steroid dienone is 2. The fraction of sp³-hybridized carbons (Fsp3) is 0.375. The molecule has 0 unspecified atom stereocenters. The molecule has 2 aliphatic carbocycles. The predicted molar refractivity (Wildman–Crippen MR) is 81.8 cm³/mol. The fourth-order valence-corrected chi connectivity index (χ4v) is 3.63. The van der Waals surface area contributed by atoms with Crippen molar-refractivity contribution in [3.8, 4) is 0 Å². The highest BCUT2D eigenvalue weighted by atomic mass is 16.6. The number of benzene rings is 1. The number of rotatable bonds is 4. The van der Waals surface area contributed by atoms with Crippen LogP contribution in [-0.2, 0) is 9.59 Å². The number of hydrogen-bond donors (Lipinski definition) is 2. The first-order valence-electron chi connectivity index (χ1n) is 7.35. The molecule has 7 nitrogen and oxygen atoms in total. The molecule has 1 saturated carbocycles. The molecule has 23 heavy (non-hydrogen) atoms. The van der Waals surface area contributed by atoms with E-state index >= 15 is 0 Å².